The maximum absolute atomic E-state index is 11.6. The number of benzene rings is 1. The number of H-pyrrole nitrogens is 1. The highest BCUT2D eigenvalue weighted by atomic mass is 32.2. The van der Waals surface area contributed by atoms with Crippen LogP contribution in [-0.2, 0) is 16.4 Å². The number of anilines is 2. The maximum Gasteiger partial charge on any atom is 0.229 e. The fraction of sp³-hybridized carbons (Fsp3) is 0.120. The molecule has 0 unspecified atom stereocenters. The molecule has 35 heavy (non-hydrogen) atoms. The van der Waals surface area contributed by atoms with Gasteiger partial charge in [-0.15, -0.1) is 0 Å². The van der Waals surface area contributed by atoms with Gasteiger partial charge in [0.2, 0.25) is 10.0 Å². The van der Waals surface area contributed by atoms with E-state index in [-0.39, 0.29) is 0 Å². The Balaban J connectivity index is 1.39. The van der Waals surface area contributed by atoms with Crippen LogP contribution in [0, 0.1) is 0 Å². The van der Waals surface area contributed by atoms with Gasteiger partial charge < -0.3 is 10.3 Å². The summed E-state index contributed by atoms with van der Waals surface area (Å²) in [7, 11) is -3.35. The summed E-state index contributed by atoms with van der Waals surface area (Å²) in [5.74, 6) is 1.21. The summed E-state index contributed by atoms with van der Waals surface area (Å²) in [5, 5.41) is 4.36. The van der Waals surface area contributed by atoms with Gasteiger partial charge in [0.1, 0.15) is 11.5 Å². The zero-order valence-corrected chi connectivity index (χ0v) is 19.7. The Morgan fingerprint density at radius 3 is 2.66 bits per heavy atom. The molecular formula is C25H23N7O2S. The topological polar surface area (TPSA) is 126 Å². The lowest BCUT2D eigenvalue weighted by molar-refractivity contribution is 0.607. The number of aromatic nitrogens is 5. The minimum absolute atomic E-state index is 0.526. The summed E-state index contributed by atoms with van der Waals surface area (Å²) in [5.41, 5.74) is 4.86. The molecule has 0 spiro atoms. The van der Waals surface area contributed by atoms with Gasteiger partial charge in [0.05, 0.1) is 11.9 Å². The van der Waals surface area contributed by atoms with Crippen molar-refractivity contribution in [3.05, 3.63) is 84.9 Å². The summed E-state index contributed by atoms with van der Waals surface area (Å²) in [6.45, 7) is 0.613. The van der Waals surface area contributed by atoms with E-state index in [0.29, 0.717) is 36.0 Å². The third kappa shape index (κ3) is 5.44. The summed E-state index contributed by atoms with van der Waals surface area (Å²) in [6, 6.07) is 16.8. The molecule has 1 aromatic carbocycles. The normalized spacial score (nSPS) is 11.5. The first kappa shape index (κ1) is 22.5. The fourth-order valence-electron chi connectivity index (χ4n) is 3.80. The van der Waals surface area contributed by atoms with E-state index in [1.807, 2.05) is 54.7 Å². The van der Waals surface area contributed by atoms with E-state index in [4.69, 9.17) is 4.98 Å². The van der Waals surface area contributed by atoms with Crippen molar-refractivity contribution < 1.29 is 8.42 Å². The number of hydrogen-bond acceptors (Lipinski definition) is 7. The van der Waals surface area contributed by atoms with E-state index in [1.54, 1.807) is 24.7 Å². The second kappa shape index (κ2) is 9.51. The lowest BCUT2D eigenvalue weighted by Gasteiger charge is -2.10. The SMILES string of the molecule is CS(=O)(=O)Nc1ccc2[nH]cc(CCNc3cc(-c4cccnc4)nc(-c4ccccn4)n3)c2c1. The molecular weight excluding hydrogens is 462 g/mol. The van der Waals surface area contributed by atoms with E-state index in [1.165, 1.54) is 0 Å². The number of sulfonamides is 1. The Hall–Kier alpha value is -4.31. The van der Waals surface area contributed by atoms with Crippen LogP contribution >= 0.6 is 0 Å². The molecule has 3 N–H and O–H groups in total. The number of pyridine rings is 2. The third-order valence-electron chi connectivity index (χ3n) is 5.35. The van der Waals surface area contributed by atoms with Crippen LogP contribution in [0.4, 0.5) is 11.5 Å². The average Bonchev–Trinajstić information content (AvgIpc) is 3.26. The zero-order chi connectivity index (χ0) is 24.3. The summed E-state index contributed by atoms with van der Waals surface area (Å²) in [6.07, 6.45) is 8.99. The molecule has 0 aliphatic heterocycles. The number of nitrogens with zero attached hydrogens (tertiary/aromatic N) is 4. The van der Waals surface area contributed by atoms with Gasteiger partial charge in [-0.25, -0.2) is 18.4 Å². The van der Waals surface area contributed by atoms with Gasteiger partial charge >= 0.3 is 0 Å². The number of nitrogens with one attached hydrogen (secondary N) is 3. The predicted octanol–water partition coefficient (Wildman–Crippen LogP) is 4.11. The predicted molar refractivity (Wildman–Crippen MR) is 137 cm³/mol. The number of rotatable bonds is 8. The van der Waals surface area contributed by atoms with Crippen LogP contribution in [0.25, 0.3) is 33.7 Å². The van der Waals surface area contributed by atoms with Gasteiger partial charge in [-0.2, -0.15) is 0 Å². The van der Waals surface area contributed by atoms with Crippen molar-refractivity contribution in [3.8, 4) is 22.8 Å². The van der Waals surface area contributed by atoms with E-state index in [2.05, 4.69) is 30.0 Å². The standard InChI is InChI=1S/C25H23N7O2S/c1-35(33,34)32-19-7-8-21-20(13-19)17(16-29-21)9-12-28-24-14-23(18-5-4-10-26-15-18)30-25(31-24)22-6-2-3-11-27-22/h2-8,10-11,13-16,29,32H,9,12H2,1H3,(H,28,30,31). The zero-order valence-electron chi connectivity index (χ0n) is 18.9. The van der Waals surface area contributed by atoms with Crippen LogP contribution < -0.4 is 10.0 Å². The van der Waals surface area contributed by atoms with E-state index >= 15 is 0 Å². The third-order valence-corrected chi connectivity index (χ3v) is 5.96. The van der Waals surface area contributed by atoms with Gasteiger partial charge in [0.25, 0.3) is 0 Å². The molecule has 0 fully saturated rings. The highest BCUT2D eigenvalue weighted by molar-refractivity contribution is 7.92. The molecule has 0 bridgehead atoms. The largest absolute Gasteiger partial charge is 0.370 e. The lowest BCUT2D eigenvalue weighted by Crippen LogP contribution is -2.09. The maximum atomic E-state index is 11.6. The first-order valence-electron chi connectivity index (χ1n) is 11.0. The first-order chi connectivity index (χ1) is 16.9. The highest BCUT2D eigenvalue weighted by Gasteiger charge is 2.11. The van der Waals surface area contributed by atoms with Gasteiger partial charge in [0.15, 0.2) is 5.82 Å². The molecule has 4 aromatic heterocycles. The van der Waals surface area contributed by atoms with Crippen LogP contribution in [0.15, 0.2) is 79.4 Å². The van der Waals surface area contributed by atoms with Crippen LogP contribution in [0.3, 0.4) is 0 Å². The van der Waals surface area contributed by atoms with Crippen LogP contribution in [0.5, 0.6) is 0 Å². The molecule has 0 aliphatic rings. The van der Waals surface area contributed by atoms with Crippen molar-refractivity contribution >= 4 is 32.4 Å². The Morgan fingerprint density at radius 1 is 0.971 bits per heavy atom. The summed E-state index contributed by atoms with van der Waals surface area (Å²) < 4.78 is 25.7. The van der Waals surface area contributed by atoms with Crippen molar-refractivity contribution in [2.75, 3.05) is 22.8 Å². The van der Waals surface area contributed by atoms with E-state index in [0.717, 1.165) is 34.0 Å². The monoisotopic (exact) mass is 485 g/mol. The lowest BCUT2D eigenvalue weighted by atomic mass is 10.1. The molecule has 0 aliphatic carbocycles. The number of fused-ring (bicyclic) bond motifs is 1. The molecule has 4 heterocycles. The van der Waals surface area contributed by atoms with Crippen molar-refractivity contribution in [1.82, 2.24) is 24.9 Å². The molecule has 0 saturated carbocycles. The Labute approximate surface area is 202 Å². The minimum Gasteiger partial charge on any atom is -0.370 e. The fourth-order valence-corrected chi connectivity index (χ4v) is 4.35. The average molecular weight is 486 g/mol. The van der Waals surface area contributed by atoms with Crippen molar-refractivity contribution in [2.24, 2.45) is 0 Å². The Kier molecular flexibility index (Phi) is 6.11. The quantitative estimate of drug-likeness (QED) is 0.302. The van der Waals surface area contributed by atoms with E-state index in [9.17, 15) is 8.42 Å². The molecule has 10 heteroatoms. The second-order valence-electron chi connectivity index (χ2n) is 8.04. The van der Waals surface area contributed by atoms with Crippen molar-refractivity contribution in [3.63, 3.8) is 0 Å². The summed E-state index contributed by atoms with van der Waals surface area (Å²) in [4.78, 5) is 21.2. The van der Waals surface area contributed by atoms with Gasteiger partial charge in [0, 0.05) is 59.6 Å². The van der Waals surface area contributed by atoms with Crippen LogP contribution in [-0.4, -0.2) is 46.1 Å². The van der Waals surface area contributed by atoms with Gasteiger partial charge in [-0.05, 0) is 54.4 Å². The second-order valence-corrected chi connectivity index (χ2v) is 9.79. The highest BCUT2D eigenvalue weighted by Crippen LogP contribution is 2.25. The molecule has 0 atom stereocenters. The molecule has 5 aromatic rings. The van der Waals surface area contributed by atoms with E-state index < -0.39 is 10.0 Å². The molecule has 0 radical (unpaired) electrons. The van der Waals surface area contributed by atoms with Crippen LogP contribution in [0.1, 0.15) is 5.56 Å². The molecule has 0 amide bonds. The molecule has 0 saturated heterocycles. The first-order valence-corrected chi connectivity index (χ1v) is 12.9. The van der Waals surface area contributed by atoms with Crippen molar-refractivity contribution in [2.45, 2.75) is 6.42 Å². The minimum atomic E-state index is -3.35. The Bertz CT molecular complexity index is 1510. The van der Waals surface area contributed by atoms with Crippen molar-refractivity contribution in [1.29, 1.82) is 0 Å². The van der Waals surface area contributed by atoms with Gasteiger partial charge in [-0.3, -0.25) is 14.7 Å². The Morgan fingerprint density at radius 2 is 1.89 bits per heavy atom. The molecule has 9 nitrogen and oxygen atoms in total. The van der Waals surface area contributed by atoms with Crippen LogP contribution in [0.2, 0.25) is 0 Å². The smallest absolute Gasteiger partial charge is 0.229 e. The van der Waals surface area contributed by atoms with Gasteiger partial charge in [-0.1, -0.05) is 6.07 Å². The summed E-state index contributed by atoms with van der Waals surface area (Å²) >= 11 is 0. The number of hydrogen-bond donors (Lipinski definition) is 3. The molecule has 5 rings (SSSR count). The molecule has 176 valence electrons. The number of aromatic amines is 1.